The van der Waals surface area contributed by atoms with Crippen LogP contribution in [0, 0.1) is 0 Å². The fraction of sp³-hybridized carbons (Fsp3) is 0.182. The molecule has 1 amide bonds. The zero-order valence-corrected chi connectivity index (χ0v) is 17.5. The minimum Gasteiger partial charge on any atom is -0.484 e. The standard InChI is InChI=1S/C22H22BrN3O2/c1-25(2)19-10-6-17(7-11-19)15-26(21-5-3-4-14-24-21)22(27)16-28-20-12-8-18(23)9-13-20/h3-14H,15-16H2,1-2H3. The van der Waals surface area contributed by atoms with Crippen LogP contribution in [0.2, 0.25) is 0 Å². The van der Waals surface area contributed by atoms with Gasteiger partial charge in [0.05, 0.1) is 6.54 Å². The molecule has 0 spiro atoms. The summed E-state index contributed by atoms with van der Waals surface area (Å²) in [5, 5.41) is 0. The lowest BCUT2D eigenvalue weighted by Crippen LogP contribution is -2.35. The van der Waals surface area contributed by atoms with E-state index in [0.717, 1.165) is 15.7 Å². The first-order chi connectivity index (χ1) is 13.5. The number of hydrogen-bond donors (Lipinski definition) is 0. The van der Waals surface area contributed by atoms with Crippen LogP contribution in [0.25, 0.3) is 0 Å². The van der Waals surface area contributed by atoms with Gasteiger partial charge in [0, 0.05) is 30.5 Å². The summed E-state index contributed by atoms with van der Waals surface area (Å²) >= 11 is 3.39. The van der Waals surface area contributed by atoms with Gasteiger partial charge in [-0.3, -0.25) is 9.69 Å². The molecular formula is C22H22BrN3O2. The van der Waals surface area contributed by atoms with Crippen LogP contribution in [0.4, 0.5) is 11.5 Å². The molecule has 0 saturated carbocycles. The predicted molar refractivity (Wildman–Crippen MR) is 116 cm³/mol. The van der Waals surface area contributed by atoms with Gasteiger partial charge in [-0.2, -0.15) is 0 Å². The number of hydrogen-bond acceptors (Lipinski definition) is 4. The van der Waals surface area contributed by atoms with Crippen molar-refractivity contribution in [1.82, 2.24) is 4.98 Å². The van der Waals surface area contributed by atoms with Crippen molar-refractivity contribution in [2.75, 3.05) is 30.5 Å². The van der Waals surface area contributed by atoms with E-state index in [1.807, 2.05) is 85.7 Å². The Bertz CT molecular complexity index is 897. The van der Waals surface area contributed by atoms with Crippen LogP contribution in [0.3, 0.4) is 0 Å². The van der Waals surface area contributed by atoms with Crippen molar-refractivity contribution in [2.24, 2.45) is 0 Å². The number of amides is 1. The molecule has 0 N–H and O–H groups in total. The Hall–Kier alpha value is -2.86. The number of rotatable bonds is 7. The first-order valence-corrected chi connectivity index (χ1v) is 9.68. The van der Waals surface area contributed by atoms with Gasteiger partial charge in [0.2, 0.25) is 0 Å². The van der Waals surface area contributed by atoms with Gasteiger partial charge in [-0.1, -0.05) is 34.1 Å². The highest BCUT2D eigenvalue weighted by Crippen LogP contribution is 2.19. The Labute approximate surface area is 173 Å². The molecule has 0 saturated heterocycles. The summed E-state index contributed by atoms with van der Waals surface area (Å²) < 4.78 is 6.63. The molecule has 6 heteroatoms. The van der Waals surface area contributed by atoms with Crippen molar-refractivity contribution in [1.29, 1.82) is 0 Å². The van der Waals surface area contributed by atoms with Crippen molar-refractivity contribution in [3.8, 4) is 5.75 Å². The minimum atomic E-state index is -0.154. The number of aromatic nitrogens is 1. The highest BCUT2D eigenvalue weighted by molar-refractivity contribution is 9.10. The Kier molecular flexibility index (Phi) is 6.66. The largest absolute Gasteiger partial charge is 0.484 e. The molecule has 3 rings (SSSR count). The fourth-order valence-electron chi connectivity index (χ4n) is 2.65. The second kappa shape index (κ2) is 9.37. The lowest BCUT2D eigenvalue weighted by Gasteiger charge is -2.22. The van der Waals surface area contributed by atoms with Crippen molar-refractivity contribution >= 4 is 33.3 Å². The van der Waals surface area contributed by atoms with Crippen LogP contribution >= 0.6 is 15.9 Å². The molecule has 0 bridgehead atoms. The summed E-state index contributed by atoms with van der Waals surface area (Å²) in [6.45, 7) is 0.362. The minimum absolute atomic E-state index is 0.0615. The van der Waals surface area contributed by atoms with Gasteiger partial charge in [0.25, 0.3) is 5.91 Å². The summed E-state index contributed by atoms with van der Waals surface area (Å²) in [5.74, 6) is 1.09. The van der Waals surface area contributed by atoms with Crippen molar-refractivity contribution in [3.63, 3.8) is 0 Å². The van der Waals surface area contributed by atoms with E-state index in [-0.39, 0.29) is 12.5 Å². The lowest BCUT2D eigenvalue weighted by molar-refractivity contribution is -0.120. The van der Waals surface area contributed by atoms with Crippen LogP contribution < -0.4 is 14.5 Å². The zero-order valence-electron chi connectivity index (χ0n) is 15.9. The summed E-state index contributed by atoms with van der Waals surface area (Å²) in [4.78, 5) is 20.9. The SMILES string of the molecule is CN(C)c1ccc(CN(C(=O)COc2ccc(Br)cc2)c2ccccn2)cc1. The molecule has 0 aliphatic heterocycles. The lowest BCUT2D eigenvalue weighted by atomic mass is 10.2. The van der Waals surface area contributed by atoms with Crippen LogP contribution in [0.1, 0.15) is 5.56 Å². The third-order valence-corrected chi connectivity index (χ3v) is 4.72. The van der Waals surface area contributed by atoms with Gasteiger partial charge in [0.15, 0.2) is 6.61 Å². The average Bonchev–Trinajstić information content (AvgIpc) is 2.72. The van der Waals surface area contributed by atoms with Crippen LogP contribution in [-0.4, -0.2) is 31.6 Å². The second-order valence-corrected chi connectivity index (χ2v) is 7.39. The molecule has 3 aromatic rings. The first kappa shape index (κ1) is 19.9. The topological polar surface area (TPSA) is 45.7 Å². The number of carbonyl (C=O) groups excluding carboxylic acids is 1. The van der Waals surface area contributed by atoms with Crippen molar-refractivity contribution in [2.45, 2.75) is 6.54 Å². The van der Waals surface area contributed by atoms with E-state index in [1.165, 1.54) is 0 Å². The number of nitrogens with zero attached hydrogens (tertiary/aromatic N) is 3. The average molecular weight is 440 g/mol. The summed E-state index contributed by atoms with van der Waals surface area (Å²) in [6.07, 6.45) is 1.68. The Morgan fingerprint density at radius 1 is 1.00 bits per heavy atom. The monoisotopic (exact) mass is 439 g/mol. The molecule has 28 heavy (non-hydrogen) atoms. The molecule has 0 radical (unpaired) electrons. The van der Waals surface area contributed by atoms with E-state index in [4.69, 9.17) is 4.74 Å². The van der Waals surface area contributed by atoms with Gasteiger partial charge in [-0.25, -0.2) is 4.98 Å². The Morgan fingerprint density at radius 3 is 2.32 bits per heavy atom. The van der Waals surface area contributed by atoms with E-state index in [2.05, 4.69) is 20.9 Å². The molecule has 144 valence electrons. The molecule has 0 aliphatic carbocycles. The number of carbonyl (C=O) groups is 1. The van der Waals surface area contributed by atoms with E-state index in [1.54, 1.807) is 11.1 Å². The molecule has 0 atom stereocenters. The van der Waals surface area contributed by atoms with Gasteiger partial charge in [-0.05, 0) is 54.1 Å². The molecule has 2 aromatic carbocycles. The van der Waals surface area contributed by atoms with Crippen LogP contribution in [0.5, 0.6) is 5.75 Å². The van der Waals surface area contributed by atoms with Crippen LogP contribution in [-0.2, 0) is 11.3 Å². The number of halogens is 1. The maximum atomic E-state index is 12.9. The number of ether oxygens (including phenoxy) is 1. The normalized spacial score (nSPS) is 10.4. The van der Waals surface area contributed by atoms with Crippen LogP contribution in [0.15, 0.2) is 77.4 Å². The maximum Gasteiger partial charge on any atom is 0.266 e. The molecular weight excluding hydrogens is 418 g/mol. The molecule has 0 unspecified atom stereocenters. The molecule has 1 aromatic heterocycles. The quantitative estimate of drug-likeness (QED) is 0.542. The van der Waals surface area contributed by atoms with E-state index >= 15 is 0 Å². The molecule has 0 aliphatic rings. The molecule has 1 heterocycles. The summed E-state index contributed by atoms with van der Waals surface area (Å²) in [5.41, 5.74) is 2.13. The van der Waals surface area contributed by atoms with Gasteiger partial charge in [-0.15, -0.1) is 0 Å². The molecule has 0 fully saturated rings. The smallest absolute Gasteiger partial charge is 0.266 e. The van der Waals surface area contributed by atoms with E-state index in [0.29, 0.717) is 18.1 Å². The Morgan fingerprint density at radius 2 is 1.71 bits per heavy atom. The summed E-state index contributed by atoms with van der Waals surface area (Å²) in [7, 11) is 4.00. The third kappa shape index (κ3) is 5.33. The Balaban J connectivity index is 1.74. The first-order valence-electron chi connectivity index (χ1n) is 8.89. The number of pyridine rings is 1. The molecule has 5 nitrogen and oxygen atoms in total. The fourth-order valence-corrected chi connectivity index (χ4v) is 2.91. The highest BCUT2D eigenvalue weighted by atomic mass is 79.9. The zero-order chi connectivity index (χ0) is 19.9. The second-order valence-electron chi connectivity index (χ2n) is 6.47. The van der Waals surface area contributed by atoms with E-state index < -0.39 is 0 Å². The third-order valence-electron chi connectivity index (χ3n) is 4.20. The van der Waals surface area contributed by atoms with Gasteiger partial charge >= 0.3 is 0 Å². The summed E-state index contributed by atoms with van der Waals surface area (Å²) in [6, 6.07) is 21.0. The highest BCUT2D eigenvalue weighted by Gasteiger charge is 2.18. The van der Waals surface area contributed by atoms with Crippen molar-refractivity contribution in [3.05, 3.63) is 83.0 Å². The predicted octanol–water partition coefficient (Wildman–Crippen LogP) is 4.52. The van der Waals surface area contributed by atoms with Gasteiger partial charge in [0.1, 0.15) is 11.6 Å². The van der Waals surface area contributed by atoms with E-state index in [9.17, 15) is 4.79 Å². The van der Waals surface area contributed by atoms with Gasteiger partial charge < -0.3 is 9.64 Å². The maximum absolute atomic E-state index is 12.9. The van der Waals surface area contributed by atoms with Crippen molar-refractivity contribution < 1.29 is 9.53 Å². The number of anilines is 2. The number of benzene rings is 2.